The average molecular weight is 533 g/mol. The van der Waals surface area contributed by atoms with Gasteiger partial charge < -0.3 is 0 Å². The van der Waals surface area contributed by atoms with E-state index in [9.17, 15) is 9.59 Å². The van der Waals surface area contributed by atoms with Crippen LogP contribution in [-0.2, 0) is 9.59 Å². The van der Waals surface area contributed by atoms with Gasteiger partial charge in [0.1, 0.15) is 0 Å². The number of allylic oxidation sites excluding steroid dienone is 2. The Labute approximate surface area is 239 Å². The van der Waals surface area contributed by atoms with Gasteiger partial charge in [-0.05, 0) is 38.5 Å². The van der Waals surface area contributed by atoms with Crippen molar-refractivity contribution in [1.82, 2.24) is 0 Å². The number of rotatable bonds is 32. The molecule has 0 aliphatic rings. The second-order valence-corrected chi connectivity index (χ2v) is 11.9. The van der Waals surface area contributed by atoms with Crippen molar-refractivity contribution in [3.8, 4) is 0 Å². The Morgan fingerprint density at radius 2 is 0.579 bits per heavy atom. The molecule has 0 N–H and O–H groups in total. The summed E-state index contributed by atoms with van der Waals surface area (Å²) in [7, 11) is 0. The van der Waals surface area contributed by atoms with E-state index in [-0.39, 0.29) is 11.6 Å². The molecule has 224 valence electrons. The molecule has 0 aliphatic heterocycles. The third kappa shape index (κ3) is 29.6. The molecule has 0 atom stereocenters. The topological polar surface area (TPSA) is 34.1 Å². The highest BCUT2D eigenvalue weighted by Gasteiger charge is 2.12. The van der Waals surface area contributed by atoms with E-state index in [1.165, 1.54) is 154 Å². The Hall–Kier alpha value is -0.920. The van der Waals surface area contributed by atoms with Crippen LogP contribution in [0, 0.1) is 0 Å². The molecule has 0 saturated carbocycles. The highest BCUT2D eigenvalue weighted by Crippen LogP contribution is 2.15. The summed E-state index contributed by atoms with van der Waals surface area (Å²) < 4.78 is 0. The summed E-state index contributed by atoms with van der Waals surface area (Å²) in [6.45, 7) is 4.55. The van der Waals surface area contributed by atoms with E-state index >= 15 is 0 Å². The molecule has 0 spiro atoms. The third-order valence-electron chi connectivity index (χ3n) is 7.98. The summed E-state index contributed by atoms with van der Waals surface area (Å²) in [6, 6.07) is 0. The van der Waals surface area contributed by atoms with Gasteiger partial charge in [-0.1, -0.05) is 167 Å². The molecule has 0 aromatic heterocycles. The lowest BCUT2D eigenvalue weighted by Crippen LogP contribution is -2.13. The first-order valence-corrected chi connectivity index (χ1v) is 17.4. The van der Waals surface area contributed by atoms with Gasteiger partial charge in [0.2, 0.25) is 0 Å². The fourth-order valence-corrected chi connectivity index (χ4v) is 5.29. The molecule has 0 aromatic rings. The predicted molar refractivity (Wildman–Crippen MR) is 169 cm³/mol. The molecule has 2 heteroatoms. The summed E-state index contributed by atoms with van der Waals surface area (Å²) >= 11 is 0. The van der Waals surface area contributed by atoms with Crippen molar-refractivity contribution in [2.75, 3.05) is 0 Å². The summed E-state index contributed by atoms with van der Waals surface area (Å²) in [5, 5.41) is 0. The number of Topliss-reactive ketones (excluding diaryl/α,β-unsaturated/α-hetero) is 2. The molecule has 0 aromatic carbocycles. The summed E-state index contributed by atoms with van der Waals surface area (Å²) in [4.78, 5) is 24.2. The fourth-order valence-electron chi connectivity index (χ4n) is 5.29. The molecule has 0 fully saturated rings. The smallest absolute Gasteiger partial charge is 0.198 e. The monoisotopic (exact) mass is 533 g/mol. The maximum Gasteiger partial charge on any atom is 0.198 e. The van der Waals surface area contributed by atoms with Gasteiger partial charge in [0, 0.05) is 12.8 Å². The number of hydrogen-bond acceptors (Lipinski definition) is 2. The van der Waals surface area contributed by atoms with Gasteiger partial charge in [-0.2, -0.15) is 0 Å². The van der Waals surface area contributed by atoms with Crippen molar-refractivity contribution in [2.24, 2.45) is 0 Å². The van der Waals surface area contributed by atoms with Crippen LogP contribution in [0.1, 0.15) is 206 Å². The molecule has 2 nitrogen and oxygen atoms in total. The lowest BCUT2D eigenvalue weighted by atomic mass is 10.0. The van der Waals surface area contributed by atoms with Crippen LogP contribution in [0.2, 0.25) is 0 Å². The van der Waals surface area contributed by atoms with Gasteiger partial charge >= 0.3 is 0 Å². The zero-order valence-corrected chi connectivity index (χ0v) is 26.2. The zero-order valence-electron chi connectivity index (χ0n) is 26.2. The highest BCUT2D eigenvalue weighted by atomic mass is 16.2. The van der Waals surface area contributed by atoms with E-state index in [0.717, 1.165) is 25.7 Å². The second-order valence-electron chi connectivity index (χ2n) is 11.9. The molecule has 0 radical (unpaired) electrons. The van der Waals surface area contributed by atoms with Crippen LogP contribution in [0.3, 0.4) is 0 Å². The van der Waals surface area contributed by atoms with Crippen molar-refractivity contribution in [3.63, 3.8) is 0 Å². The van der Waals surface area contributed by atoms with Crippen LogP contribution in [0.25, 0.3) is 0 Å². The van der Waals surface area contributed by atoms with Crippen LogP contribution in [0.4, 0.5) is 0 Å². The lowest BCUT2D eigenvalue weighted by Gasteiger charge is -2.04. The minimum Gasteiger partial charge on any atom is -0.291 e. The standard InChI is InChI=1S/C36H68O2/c1-3-5-7-9-11-13-15-17-19-21-23-25-27-29-31-33-35(37)36(38)34-32-30-28-26-24-22-20-18-16-14-12-10-8-6-4-2/h17,19H,3-16,18,20-34H2,1-2H3/b19-17-. The van der Waals surface area contributed by atoms with E-state index in [2.05, 4.69) is 26.0 Å². The lowest BCUT2D eigenvalue weighted by molar-refractivity contribution is -0.136. The molecular formula is C36H68O2. The van der Waals surface area contributed by atoms with Gasteiger partial charge in [0.25, 0.3) is 0 Å². The van der Waals surface area contributed by atoms with Crippen LogP contribution in [-0.4, -0.2) is 11.6 Å². The summed E-state index contributed by atoms with van der Waals surface area (Å²) in [5.41, 5.74) is 0. The number of carbonyl (C=O) groups is 2. The van der Waals surface area contributed by atoms with Gasteiger partial charge in [-0.25, -0.2) is 0 Å². The quantitative estimate of drug-likeness (QED) is 0.0490. The van der Waals surface area contributed by atoms with Crippen molar-refractivity contribution < 1.29 is 9.59 Å². The maximum atomic E-state index is 12.1. The van der Waals surface area contributed by atoms with Crippen molar-refractivity contribution >= 4 is 11.6 Å². The van der Waals surface area contributed by atoms with Gasteiger partial charge in [0.15, 0.2) is 11.6 Å². The van der Waals surface area contributed by atoms with E-state index in [4.69, 9.17) is 0 Å². The number of ketones is 2. The Kier molecular flexibility index (Phi) is 31.5. The molecule has 38 heavy (non-hydrogen) atoms. The van der Waals surface area contributed by atoms with Crippen LogP contribution in [0.5, 0.6) is 0 Å². The normalized spacial score (nSPS) is 11.5. The largest absolute Gasteiger partial charge is 0.291 e. The molecule has 0 rings (SSSR count). The molecule has 0 aliphatic carbocycles. The zero-order chi connectivity index (χ0) is 27.8. The predicted octanol–water partition coefficient (Wildman–Crippen LogP) is 12.4. The number of carbonyl (C=O) groups excluding carboxylic acids is 2. The third-order valence-corrected chi connectivity index (χ3v) is 7.98. The van der Waals surface area contributed by atoms with Gasteiger partial charge in [0.05, 0.1) is 0 Å². The fraction of sp³-hybridized carbons (Fsp3) is 0.889. The Bertz CT molecular complexity index is 521. The molecule has 0 bridgehead atoms. The SMILES string of the molecule is CCCCCCCC/C=C\CCCCCCCC(=O)C(=O)CCCCCCCCCCCCCCCCC. The maximum absolute atomic E-state index is 12.1. The highest BCUT2D eigenvalue weighted by molar-refractivity contribution is 6.37. The first kappa shape index (κ1) is 37.1. The Balaban J connectivity index is 3.33. The van der Waals surface area contributed by atoms with Gasteiger partial charge in [-0.3, -0.25) is 9.59 Å². The second kappa shape index (κ2) is 32.3. The van der Waals surface area contributed by atoms with Crippen LogP contribution < -0.4 is 0 Å². The summed E-state index contributed by atoms with van der Waals surface area (Å²) in [6.07, 6.45) is 41.8. The Morgan fingerprint density at radius 1 is 0.342 bits per heavy atom. The van der Waals surface area contributed by atoms with E-state index in [0.29, 0.717) is 12.8 Å². The van der Waals surface area contributed by atoms with E-state index in [1.807, 2.05) is 0 Å². The molecule has 0 unspecified atom stereocenters. The van der Waals surface area contributed by atoms with Gasteiger partial charge in [-0.15, -0.1) is 0 Å². The van der Waals surface area contributed by atoms with E-state index in [1.54, 1.807) is 0 Å². The van der Waals surface area contributed by atoms with E-state index < -0.39 is 0 Å². The average Bonchev–Trinajstić information content (AvgIpc) is 2.92. The molecule has 0 heterocycles. The first-order chi connectivity index (χ1) is 18.7. The van der Waals surface area contributed by atoms with Crippen LogP contribution >= 0.6 is 0 Å². The molecular weight excluding hydrogens is 464 g/mol. The summed E-state index contributed by atoms with van der Waals surface area (Å²) in [5.74, 6) is -0.233. The number of hydrogen-bond donors (Lipinski definition) is 0. The minimum absolute atomic E-state index is 0.116. The first-order valence-electron chi connectivity index (χ1n) is 17.4. The van der Waals surface area contributed by atoms with Crippen molar-refractivity contribution in [2.45, 2.75) is 206 Å². The van der Waals surface area contributed by atoms with Crippen molar-refractivity contribution in [1.29, 1.82) is 0 Å². The molecule has 0 saturated heterocycles. The Morgan fingerprint density at radius 3 is 0.868 bits per heavy atom. The van der Waals surface area contributed by atoms with Crippen LogP contribution in [0.15, 0.2) is 12.2 Å². The minimum atomic E-state index is -0.118. The molecule has 0 amide bonds. The number of unbranched alkanes of at least 4 members (excludes halogenated alkanes) is 25. The van der Waals surface area contributed by atoms with Crippen molar-refractivity contribution in [3.05, 3.63) is 12.2 Å².